The van der Waals surface area contributed by atoms with Crippen LogP contribution in [0.5, 0.6) is 0 Å². The third kappa shape index (κ3) is 2.74. The highest BCUT2D eigenvalue weighted by Crippen LogP contribution is 2.30. The van der Waals surface area contributed by atoms with E-state index in [9.17, 15) is 8.42 Å². The van der Waals surface area contributed by atoms with Crippen molar-refractivity contribution < 1.29 is 13.2 Å². The van der Waals surface area contributed by atoms with Gasteiger partial charge in [0.15, 0.2) is 0 Å². The van der Waals surface area contributed by atoms with Crippen LogP contribution in [-0.4, -0.2) is 45.5 Å². The third-order valence-electron chi connectivity index (χ3n) is 3.42. The minimum absolute atomic E-state index is 0.0404. The summed E-state index contributed by atoms with van der Waals surface area (Å²) in [4.78, 5) is 0. The van der Waals surface area contributed by atoms with Gasteiger partial charge in [0.2, 0.25) is 10.0 Å². The van der Waals surface area contributed by atoms with Crippen LogP contribution in [0.4, 0.5) is 0 Å². The van der Waals surface area contributed by atoms with Gasteiger partial charge in [-0.1, -0.05) is 0 Å². The maximum atomic E-state index is 11.5. The van der Waals surface area contributed by atoms with Gasteiger partial charge in [0, 0.05) is 19.2 Å². The van der Waals surface area contributed by atoms with E-state index in [-0.39, 0.29) is 17.4 Å². The average molecular weight is 248 g/mol. The average Bonchev–Trinajstić information content (AvgIpc) is 2.66. The Labute approximate surface area is 97.0 Å². The lowest BCUT2D eigenvalue weighted by molar-refractivity contribution is -0.0717. The number of rotatable bonds is 3. The fraction of sp³-hybridized carbons (Fsp3) is 1.00. The minimum Gasteiger partial charge on any atom is -0.373 e. The predicted octanol–water partition coefficient (Wildman–Crippen LogP) is -0.163. The fourth-order valence-corrected chi connectivity index (χ4v) is 3.36. The van der Waals surface area contributed by atoms with Gasteiger partial charge in [-0.2, -0.15) is 0 Å². The summed E-state index contributed by atoms with van der Waals surface area (Å²) in [5, 5.41) is 3.28. The Kier molecular flexibility index (Phi) is 3.53. The number of hydrogen-bond donors (Lipinski definition) is 2. The highest BCUT2D eigenvalue weighted by Gasteiger charge is 2.40. The van der Waals surface area contributed by atoms with E-state index in [0.717, 1.165) is 32.4 Å². The number of hydrogen-bond acceptors (Lipinski definition) is 4. The smallest absolute Gasteiger partial charge is 0.211 e. The quantitative estimate of drug-likeness (QED) is 0.728. The van der Waals surface area contributed by atoms with Crippen molar-refractivity contribution in [3.63, 3.8) is 0 Å². The molecule has 2 saturated heterocycles. The van der Waals surface area contributed by atoms with E-state index in [1.54, 1.807) is 6.92 Å². The van der Waals surface area contributed by atoms with Crippen molar-refractivity contribution in [1.29, 1.82) is 0 Å². The first-order valence-electron chi connectivity index (χ1n) is 5.90. The molecule has 16 heavy (non-hydrogen) atoms. The molecule has 94 valence electrons. The second kappa shape index (κ2) is 4.60. The lowest BCUT2D eigenvalue weighted by atomic mass is 9.90. The minimum atomic E-state index is -3.09. The van der Waals surface area contributed by atoms with Crippen LogP contribution >= 0.6 is 0 Å². The molecular formula is C10H20N2O3S. The molecule has 0 aromatic heterocycles. The van der Waals surface area contributed by atoms with E-state index in [1.165, 1.54) is 0 Å². The highest BCUT2D eigenvalue weighted by atomic mass is 32.2. The molecule has 2 rings (SSSR count). The second-order valence-corrected chi connectivity index (χ2v) is 6.71. The van der Waals surface area contributed by atoms with Crippen molar-refractivity contribution in [3.8, 4) is 0 Å². The van der Waals surface area contributed by atoms with Crippen LogP contribution in [0.3, 0.4) is 0 Å². The molecule has 0 bridgehead atoms. The summed E-state index contributed by atoms with van der Waals surface area (Å²) < 4.78 is 31.6. The Hall–Kier alpha value is -0.170. The molecule has 2 heterocycles. The second-order valence-electron chi connectivity index (χ2n) is 4.67. The largest absolute Gasteiger partial charge is 0.373 e. The molecule has 5 nitrogen and oxygen atoms in total. The van der Waals surface area contributed by atoms with Crippen molar-refractivity contribution in [3.05, 3.63) is 0 Å². The normalized spacial score (nSPS) is 35.7. The molecule has 0 aliphatic carbocycles. The zero-order valence-electron chi connectivity index (χ0n) is 9.66. The van der Waals surface area contributed by atoms with Crippen LogP contribution in [0.1, 0.15) is 26.2 Å². The molecule has 1 spiro atoms. The Bertz CT molecular complexity index is 336. The Morgan fingerprint density at radius 3 is 3.00 bits per heavy atom. The van der Waals surface area contributed by atoms with Crippen molar-refractivity contribution in [2.75, 3.05) is 25.4 Å². The topological polar surface area (TPSA) is 67.4 Å². The first-order chi connectivity index (χ1) is 7.55. The van der Waals surface area contributed by atoms with E-state index in [2.05, 4.69) is 10.0 Å². The van der Waals surface area contributed by atoms with Crippen molar-refractivity contribution in [2.24, 2.45) is 0 Å². The summed E-state index contributed by atoms with van der Waals surface area (Å²) >= 11 is 0. The van der Waals surface area contributed by atoms with Crippen LogP contribution in [0.2, 0.25) is 0 Å². The SMILES string of the molecule is CCS(=O)(=O)N[C@H]1CCO[C@]2(CCNC2)C1. The van der Waals surface area contributed by atoms with E-state index in [4.69, 9.17) is 4.74 Å². The summed E-state index contributed by atoms with van der Waals surface area (Å²) in [5.41, 5.74) is -0.126. The molecule has 2 fully saturated rings. The molecule has 0 radical (unpaired) electrons. The lowest BCUT2D eigenvalue weighted by Crippen LogP contribution is -2.49. The molecule has 0 aromatic carbocycles. The van der Waals surface area contributed by atoms with Gasteiger partial charge in [-0.3, -0.25) is 0 Å². The van der Waals surface area contributed by atoms with Crippen LogP contribution < -0.4 is 10.0 Å². The van der Waals surface area contributed by atoms with E-state index < -0.39 is 10.0 Å². The Balaban J connectivity index is 1.97. The van der Waals surface area contributed by atoms with Crippen molar-refractivity contribution in [2.45, 2.75) is 37.8 Å². The first kappa shape index (κ1) is 12.3. The van der Waals surface area contributed by atoms with Gasteiger partial charge in [-0.05, 0) is 32.7 Å². The number of nitrogens with one attached hydrogen (secondary N) is 2. The molecule has 6 heteroatoms. The highest BCUT2D eigenvalue weighted by molar-refractivity contribution is 7.89. The summed E-state index contributed by atoms with van der Waals surface area (Å²) in [7, 11) is -3.09. The van der Waals surface area contributed by atoms with Gasteiger partial charge in [0.25, 0.3) is 0 Å². The number of sulfonamides is 1. The lowest BCUT2D eigenvalue weighted by Gasteiger charge is -2.37. The molecule has 2 atom stereocenters. The van der Waals surface area contributed by atoms with Crippen LogP contribution in [-0.2, 0) is 14.8 Å². The van der Waals surface area contributed by atoms with E-state index >= 15 is 0 Å². The van der Waals surface area contributed by atoms with Crippen molar-refractivity contribution >= 4 is 10.0 Å². The summed E-state index contributed by atoms with van der Waals surface area (Å²) in [5.74, 6) is 0.148. The van der Waals surface area contributed by atoms with E-state index in [1.807, 2.05) is 0 Å². The molecular weight excluding hydrogens is 228 g/mol. The van der Waals surface area contributed by atoms with Gasteiger partial charge < -0.3 is 10.1 Å². The first-order valence-corrected chi connectivity index (χ1v) is 7.55. The molecule has 0 aromatic rings. The van der Waals surface area contributed by atoms with Gasteiger partial charge >= 0.3 is 0 Å². The molecule has 0 unspecified atom stereocenters. The van der Waals surface area contributed by atoms with E-state index in [0.29, 0.717) is 6.61 Å². The van der Waals surface area contributed by atoms with Gasteiger partial charge in [0.1, 0.15) is 0 Å². The maximum absolute atomic E-state index is 11.5. The monoisotopic (exact) mass is 248 g/mol. The molecule has 0 saturated carbocycles. The predicted molar refractivity (Wildman–Crippen MR) is 61.8 cm³/mol. The van der Waals surface area contributed by atoms with Gasteiger partial charge in [0.05, 0.1) is 11.4 Å². The van der Waals surface area contributed by atoms with Crippen molar-refractivity contribution in [1.82, 2.24) is 10.0 Å². The summed E-state index contributed by atoms with van der Waals surface area (Å²) in [6.07, 6.45) is 2.55. The van der Waals surface area contributed by atoms with Gasteiger partial charge in [-0.25, -0.2) is 13.1 Å². The van der Waals surface area contributed by atoms with Crippen LogP contribution in [0, 0.1) is 0 Å². The zero-order valence-corrected chi connectivity index (χ0v) is 10.5. The van der Waals surface area contributed by atoms with Gasteiger partial charge in [-0.15, -0.1) is 0 Å². The molecule has 2 N–H and O–H groups in total. The standard InChI is InChI=1S/C10H20N2O3S/c1-2-16(13,14)12-9-3-6-15-10(7-9)4-5-11-8-10/h9,11-12H,2-8H2,1H3/t9-,10+/m0/s1. The third-order valence-corrected chi connectivity index (χ3v) is 4.88. The Morgan fingerprint density at radius 1 is 1.56 bits per heavy atom. The molecule has 2 aliphatic heterocycles. The number of ether oxygens (including phenoxy) is 1. The Morgan fingerprint density at radius 2 is 2.38 bits per heavy atom. The fourth-order valence-electron chi connectivity index (χ4n) is 2.48. The maximum Gasteiger partial charge on any atom is 0.211 e. The van der Waals surface area contributed by atoms with Crippen LogP contribution in [0.15, 0.2) is 0 Å². The summed E-state index contributed by atoms with van der Waals surface area (Å²) in [6, 6.07) is 0.0404. The zero-order chi connectivity index (χ0) is 11.6. The van der Waals surface area contributed by atoms with Crippen LogP contribution in [0.25, 0.3) is 0 Å². The summed E-state index contributed by atoms with van der Waals surface area (Å²) in [6.45, 7) is 4.12. The molecule has 2 aliphatic rings. The molecule has 0 amide bonds.